The summed E-state index contributed by atoms with van der Waals surface area (Å²) in [4.78, 5) is 10.9. The third-order valence-electron chi connectivity index (χ3n) is 1.99. The minimum Gasteiger partial charge on any atom is -0.480 e. The molecular formula is C11H12F2O2S. The van der Waals surface area contributed by atoms with Crippen molar-refractivity contribution in [2.45, 2.75) is 29.9 Å². The topological polar surface area (TPSA) is 37.3 Å². The van der Waals surface area contributed by atoms with E-state index in [0.29, 0.717) is 12.8 Å². The maximum Gasteiger partial charge on any atom is 0.316 e. The largest absolute Gasteiger partial charge is 0.480 e. The fourth-order valence-corrected chi connectivity index (χ4v) is 2.34. The van der Waals surface area contributed by atoms with E-state index in [0.717, 1.165) is 30.0 Å². The van der Waals surface area contributed by atoms with Crippen LogP contribution in [0.15, 0.2) is 23.1 Å². The highest BCUT2D eigenvalue weighted by Gasteiger charge is 2.19. The van der Waals surface area contributed by atoms with Gasteiger partial charge in [-0.15, -0.1) is 11.8 Å². The summed E-state index contributed by atoms with van der Waals surface area (Å²) < 4.78 is 26.1. The highest BCUT2D eigenvalue weighted by Crippen LogP contribution is 2.29. The molecule has 0 radical (unpaired) electrons. The van der Waals surface area contributed by atoms with Gasteiger partial charge in [0.05, 0.1) is 0 Å². The summed E-state index contributed by atoms with van der Waals surface area (Å²) in [6.45, 7) is 1.85. The van der Waals surface area contributed by atoms with Crippen molar-refractivity contribution in [3.05, 3.63) is 29.8 Å². The van der Waals surface area contributed by atoms with Crippen LogP contribution in [0.2, 0.25) is 0 Å². The molecule has 88 valence electrons. The predicted octanol–water partition coefficient (Wildman–Crippen LogP) is 3.31. The molecule has 0 saturated carbocycles. The number of rotatable bonds is 5. The van der Waals surface area contributed by atoms with Crippen LogP contribution in [0.1, 0.15) is 19.8 Å². The lowest BCUT2D eigenvalue weighted by molar-refractivity contribution is -0.136. The molecule has 1 aromatic rings. The molecule has 0 aliphatic rings. The highest BCUT2D eigenvalue weighted by molar-refractivity contribution is 8.00. The smallest absolute Gasteiger partial charge is 0.316 e. The Hall–Kier alpha value is -1.10. The zero-order chi connectivity index (χ0) is 12.1. The molecule has 0 saturated heterocycles. The van der Waals surface area contributed by atoms with Gasteiger partial charge in [-0.25, -0.2) is 8.78 Å². The molecule has 1 rings (SSSR count). The maximum atomic E-state index is 13.3. The van der Waals surface area contributed by atoms with Crippen molar-refractivity contribution in [3.63, 3.8) is 0 Å². The highest BCUT2D eigenvalue weighted by atomic mass is 32.2. The van der Waals surface area contributed by atoms with E-state index in [-0.39, 0.29) is 4.90 Å². The molecule has 0 aliphatic carbocycles. The summed E-state index contributed by atoms with van der Waals surface area (Å²) in [5.74, 6) is -2.16. The lowest BCUT2D eigenvalue weighted by atomic mass is 10.2. The predicted molar refractivity (Wildman–Crippen MR) is 58.5 cm³/mol. The van der Waals surface area contributed by atoms with Gasteiger partial charge in [-0.3, -0.25) is 4.79 Å². The molecule has 0 heterocycles. The van der Waals surface area contributed by atoms with Crippen LogP contribution in [0.5, 0.6) is 0 Å². The van der Waals surface area contributed by atoms with Crippen LogP contribution in [0.3, 0.4) is 0 Å². The summed E-state index contributed by atoms with van der Waals surface area (Å²) in [5, 5.41) is 8.15. The third kappa shape index (κ3) is 3.48. The Morgan fingerprint density at radius 1 is 1.50 bits per heavy atom. The second-order valence-corrected chi connectivity index (χ2v) is 4.55. The number of halogens is 2. The first-order valence-electron chi connectivity index (χ1n) is 4.89. The van der Waals surface area contributed by atoms with Crippen LogP contribution >= 0.6 is 11.8 Å². The van der Waals surface area contributed by atoms with E-state index in [9.17, 15) is 13.6 Å². The van der Waals surface area contributed by atoms with Crippen LogP contribution in [-0.2, 0) is 4.79 Å². The van der Waals surface area contributed by atoms with Crippen molar-refractivity contribution in [1.82, 2.24) is 0 Å². The molecule has 0 spiro atoms. The molecule has 0 amide bonds. The molecule has 0 fully saturated rings. The molecule has 16 heavy (non-hydrogen) atoms. The van der Waals surface area contributed by atoms with Gasteiger partial charge in [0.25, 0.3) is 0 Å². The van der Waals surface area contributed by atoms with Gasteiger partial charge in [-0.2, -0.15) is 0 Å². The molecular weight excluding hydrogens is 234 g/mol. The van der Waals surface area contributed by atoms with E-state index in [1.807, 2.05) is 6.92 Å². The van der Waals surface area contributed by atoms with Crippen LogP contribution in [-0.4, -0.2) is 16.3 Å². The number of hydrogen-bond acceptors (Lipinski definition) is 2. The lowest BCUT2D eigenvalue weighted by Crippen LogP contribution is -2.16. The van der Waals surface area contributed by atoms with Gasteiger partial charge in [0, 0.05) is 4.90 Å². The number of benzene rings is 1. The minimum absolute atomic E-state index is 0.0425. The monoisotopic (exact) mass is 246 g/mol. The first-order valence-corrected chi connectivity index (χ1v) is 5.77. The van der Waals surface area contributed by atoms with Crippen molar-refractivity contribution < 1.29 is 18.7 Å². The van der Waals surface area contributed by atoms with E-state index in [1.54, 1.807) is 0 Å². The van der Waals surface area contributed by atoms with Crippen molar-refractivity contribution in [3.8, 4) is 0 Å². The first kappa shape index (κ1) is 13.0. The number of carboxylic acid groups (broad SMARTS) is 1. The number of carboxylic acids is 1. The molecule has 0 aliphatic heterocycles. The fraction of sp³-hybridized carbons (Fsp3) is 0.364. The Balaban J connectivity index is 2.84. The molecule has 0 bridgehead atoms. The summed E-state index contributed by atoms with van der Waals surface area (Å²) in [6.07, 6.45) is 1.11. The quantitative estimate of drug-likeness (QED) is 0.810. The number of hydrogen-bond donors (Lipinski definition) is 1. The Kier molecular flexibility index (Phi) is 4.73. The van der Waals surface area contributed by atoms with Crippen LogP contribution in [0, 0.1) is 11.6 Å². The number of aliphatic carboxylic acids is 1. The van der Waals surface area contributed by atoms with Crippen LogP contribution in [0.25, 0.3) is 0 Å². The van der Waals surface area contributed by atoms with Gasteiger partial charge in [-0.05, 0) is 24.6 Å². The molecule has 1 N–H and O–H groups in total. The van der Waals surface area contributed by atoms with Crippen LogP contribution < -0.4 is 0 Å². The van der Waals surface area contributed by atoms with Crippen molar-refractivity contribution in [2.24, 2.45) is 0 Å². The average molecular weight is 246 g/mol. The van der Waals surface area contributed by atoms with Gasteiger partial charge < -0.3 is 5.11 Å². The molecule has 0 aromatic heterocycles. The van der Waals surface area contributed by atoms with Gasteiger partial charge in [0.1, 0.15) is 16.9 Å². The number of carbonyl (C=O) groups is 1. The molecule has 5 heteroatoms. The molecule has 1 unspecified atom stereocenters. The van der Waals surface area contributed by atoms with E-state index in [4.69, 9.17) is 5.11 Å². The average Bonchev–Trinajstić information content (AvgIpc) is 2.22. The van der Waals surface area contributed by atoms with E-state index in [2.05, 4.69) is 0 Å². The first-order chi connectivity index (χ1) is 7.54. The van der Waals surface area contributed by atoms with Gasteiger partial charge in [0.15, 0.2) is 0 Å². The summed E-state index contributed by atoms with van der Waals surface area (Å²) in [7, 11) is 0. The Morgan fingerprint density at radius 2 is 2.19 bits per heavy atom. The summed E-state index contributed by atoms with van der Waals surface area (Å²) in [6, 6.07) is 3.03. The van der Waals surface area contributed by atoms with E-state index in [1.165, 1.54) is 0 Å². The minimum atomic E-state index is -1.00. The fourth-order valence-electron chi connectivity index (χ4n) is 1.22. The van der Waals surface area contributed by atoms with Crippen molar-refractivity contribution in [2.75, 3.05) is 0 Å². The Bertz CT molecular complexity index is 382. The van der Waals surface area contributed by atoms with Crippen LogP contribution in [0.4, 0.5) is 8.78 Å². The second kappa shape index (κ2) is 5.84. The Morgan fingerprint density at radius 3 is 2.75 bits per heavy atom. The van der Waals surface area contributed by atoms with Gasteiger partial charge in [0.2, 0.25) is 0 Å². The second-order valence-electron chi connectivity index (χ2n) is 3.31. The standard InChI is InChI=1S/C11H12F2O2S/c1-2-3-9(11(14)15)16-10-6-7(12)4-5-8(10)13/h4-6,9H,2-3H2,1H3,(H,14,15). The van der Waals surface area contributed by atoms with Crippen molar-refractivity contribution >= 4 is 17.7 Å². The normalized spacial score (nSPS) is 12.4. The SMILES string of the molecule is CCCC(Sc1cc(F)ccc1F)C(=O)O. The zero-order valence-electron chi connectivity index (χ0n) is 8.74. The summed E-state index contributed by atoms with van der Waals surface area (Å²) >= 11 is 0.848. The third-order valence-corrected chi connectivity index (χ3v) is 3.28. The number of thioether (sulfide) groups is 1. The molecule has 1 atom stereocenters. The molecule has 1 aromatic carbocycles. The van der Waals surface area contributed by atoms with Gasteiger partial charge in [-0.1, -0.05) is 13.3 Å². The van der Waals surface area contributed by atoms with Crippen molar-refractivity contribution in [1.29, 1.82) is 0 Å². The van der Waals surface area contributed by atoms with E-state index >= 15 is 0 Å². The van der Waals surface area contributed by atoms with Gasteiger partial charge >= 0.3 is 5.97 Å². The Labute approximate surface area is 96.7 Å². The van der Waals surface area contributed by atoms with E-state index < -0.39 is 22.9 Å². The molecule has 2 nitrogen and oxygen atoms in total. The zero-order valence-corrected chi connectivity index (χ0v) is 9.56. The summed E-state index contributed by atoms with van der Waals surface area (Å²) in [5.41, 5.74) is 0. The lowest BCUT2D eigenvalue weighted by Gasteiger charge is -2.11. The maximum absolute atomic E-state index is 13.3.